The first-order chi connectivity index (χ1) is 7.50. The molecule has 2 heteroatoms. The predicted molar refractivity (Wildman–Crippen MR) is 68.4 cm³/mol. The third-order valence-electron chi connectivity index (χ3n) is 3.98. The van der Waals surface area contributed by atoms with E-state index in [9.17, 15) is 4.79 Å². The van der Waals surface area contributed by atoms with Gasteiger partial charge in [0.15, 0.2) is 0 Å². The molecule has 1 rings (SSSR count). The highest BCUT2D eigenvalue weighted by atomic mass is 16.1. The lowest BCUT2D eigenvalue weighted by molar-refractivity contribution is -0.124. The van der Waals surface area contributed by atoms with E-state index in [0.717, 1.165) is 31.2 Å². The monoisotopic (exact) mass is 225 g/mol. The molecule has 1 aliphatic rings. The molecule has 0 aromatic heterocycles. The molecule has 1 N–H and O–H groups in total. The van der Waals surface area contributed by atoms with Gasteiger partial charge in [-0.2, -0.15) is 0 Å². The molecule has 94 valence electrons. The Morgan fingerprint density at radius 2 is 1.94 bits per heavy atom. The highest BCUT2D eigenvalue weighted by molar-refractivity contribution is 5.81. The summed E-state index contributed by atoms with van der Waals surface area (Å²) in [7, 11) is 0. The summed E-state index contributed by atoms with van der Waals surface area (Å²) in [5.41, 5.74) is 0. The lowest BCUT2D eigenvalue weighted by atomic mass is 9.74. The zero-order chi connectivity index (χ0) is 12.1. The molecule has 0 spiro atoms. The molecule has 0 amide bonds. The lowest BCUT2D eigenvalue weighted by Gasteiger charge is -2.31. The maximum atomic E-state index is 12.0. The molecule has 0 saturated heterocycles. The molecular formula is C14H27NO. The Morgan fingerprint density at radius 3 is 2.50 bits per heavy atom. The summed E-state index contributed by atoms with van der Waals surface area (Å²) in [5.74, 6) is 2.35. The number of ketones is 1. The fourth-order valence-electron chi connectivity index (χ4n) is 2.53. The fraction of sp³-hybridized carbons (Fsp3) is 0.929. The first kappa shape index (κ1) is 13.7. The van der Waals surface area contributed by atoms with E-state index in [1.807, 2.05) is 0 Å². The molecule has 0 bridgehead atoms. The van der Waals surface area contributed by atoms with E-state index in [2.05, 4.69) is 33.0 Å². The zero-order valence-electron chi connectivity index (χ0n) is 11.3. The molecule has 0 heterocycles. The second-order valence-corrected chi connectivity index (χ2v) is 5.79. The molecule has 3 atom stereocenters. The molecule has 1 aliphatic carbocycles. The fourth-order valence-corrected chi connectivity index (χ4v) is 2.53. The minimum absolute atomic E-state index is 0.347. The summed E-state index contributed by atoms with van der Waals surface area (Å²) in [6.07, 6.45) is 4.17. The normalized spacial score (nSPS) is 30.7. The minimum Gasteiger partial charge on any atom is -0.314 e. The van der Waals surface area contributed by atoms with Gasteiger partial charge in [-0.25, -0.2) is 0 Å². The number of Topliss-reactive ketones (excluding diaryl/α,β-unsaturated/α-hetero) is 1. The van der Waals surface area contributed by atoms with Gasteiger partial charge in [0.05, 0.1) is 0 Å². The maximum absolute atomic E-state index is 12.0. The Kier molecular flexibility index (Phi) is 5.47. The van der Waals surface area contributed by atoms with E-state index in [0.29, 0.717) is 24.2 Å². The van der Waals surface area contributed by atoms with Crippen LogP contribution in [0.3, 0.4) is 0 Å². The quantitative estimate of drug-likeness (QED) is 0.779. The van der Waals surface area contributed by atoms with Crippen LogP contribution in [0.25, 0.3) is 0 Å². The van der Waals surface area contributed by atoms with Gasteiger partial charge < -0.3 is 5.32 Å². The number of hydrogen-bond acceptors (Lipinski definition) is 2. The van der Waals surface area contributed by atoms with Gasteiger partial charge in [-0.15, -0.1) is 0 Å². The van der Waals surface area contributed by atoms with Gasteiger partial charge >= 0.3 is 0 Å². The van der Waals surface area contributed by atoms with Gasteiger partial charge in [-0.1, -0.05) is 27.7 Å². The van der Waals surface area contributed by atoms with Crippen molar-refractivity contribution in [3.63, 3.8) is 0 Å². The first-order valence-electron chi connectivity index (χ1n) is 6.76. The zero-order valence-corrected chi connectivity index (χ0v) is 11.3. The lowest BCUT2D eigenvalue weighted by Crippen LogP contribution is -2.30. The summed E-state index contributed by atoms with van der Waals surface area (Å²) in [4.78, 5) is 12.0. The van der Waals surface area contributed by atoms with Crippen molar-refractivity contribution in [3.05, 3.63) is 0 Å². The van der Waals surface area contributed by atoms with E-state index >= 15 is 0 Å². The molecule has 0 aliphatic heterocycles. The first-order valence-corrected chi connectivity index (χ1v) is 6.76. The van der Waals surface area contributed by atoms with Crippen LogP contribution in [0.1, 0.15) is 53.4 Å². The van der Waals surface area contributed by atoms with Crippen molar-refractivity contribution in [2.24, 2.45) is 17.8 Å². The molecule has 16 heavy (non-hydrogen) atoms. The van der Waals surface area contributed by atoms with Crippen LogP contribution in [0.15, 0.2) is 0 Å². The van der Waals surface area contributed by atoms with Crippen molar-refractivity contribution >= 4 is 5.78 Å². The van der Waals surface area contributed by atoms with Crippen molar-refractivity contribution in [1.82, 2.24) is 5.32 Å². The Hall–Kier alpha value is -0.370. The van der Waals surface area contributed by atoms with Gasteiger partial charge in [0, 0.05) is 24.9 Å². The number of rotatable bonds is 5. The highest BCUT2D eigenvalue weighted by Gasteiger charge is 2.28. The van der Waals surface area contributed by atoms with E-state index < -0.39 is 0 Å². The van der Waals surface area contributed by atoms with Crippen molar-refractivity contribution in [3.8, 4) is 0 Å². The summed E-state index contributed by atoms with van der Waals surface area (Å²) in [6, 6.07) is 0.484. The summed E-state index contributed by atoms with van der Waals surface area (Å²) >= 11 is 0. The average Bonchev–Trinajstić information content (AvgIpc) is 2.21. The van der Waals surface area contributed by atoms with Crippen LogP contribution in [0.2, 0.25) is 0 Å². The van der Waals surface area contributed by atoms with Gasteiger partial charge in [0.25, 0.3) is 0 Å². The average molecular weight is 225 g/mol. The molecule has 0 radical (unpaired) electrons. The molecular weight excluding hydrogens is 198 g/mol. The predicted octanol–water partition coefficient (Wildman–Crippen LogP) is 3.02. The smallest absolute Gasteiger partial charge is 0.137 e. The number of nitrogens with one attached hydrogen (secondary N) is 1. The summed E-state index contributed by atoms with van der Waals surface area (Å²) in [5, 5.41) is 3.31. The topological polar surface area (TPSA) is 29.1 Å². The van der Waals surface area contributed by atoms with E-state index in [4.69, 9.17) is 0 Å². The third kappa shape index (κ3) is 4.25. The van der Waals surface area contributed by atoms with Crippen LogP contribution in [-0.2, 0) is 4.79 Å². The van der Waals surface area contributed by atoms with Crippen LogP contribution in [0.4, 0.5) is 0 Å². The second-order valence-electron chi connectivity index (χ2n) is 5.79. The molecule has 0 aromatic carbocycles. The number of hydrogen-bond donors (Lipinski definition) is 1. The van der Waals surface area contributed by atoms with Gasteiger partial charge in [0.2, 0.25) is 0 Å². The van der Waals surface area contributed by atoms with Gasteiger partial charge in [-0.05, 0) is 31.1 Å². The van der Waals surface area contributed by atoms with Crippen molar-refractivity contribution < 1.29 is 4.79 Å². The maximum Gasteiger partial charge on any atom is 0.137 e. The van der Waals surface area contributed by atoms with E-state index in [1.54, 1.807) is 0 Å². The van der Waals surface area contributed by atoms with E-state index in [-0.39, 0.29) is 0 Å². The van der Waals surface area contributed by atoms with Crippen LogP contribution < -0.4 is 5.32 Å². The van der Waals surface area contributed by atoms with E-state index in [1.165, 1.54) is 6.42 Å². The second kappa shape index (κ2) is 6.39. The van der Waals surface area contributed by atoms with Crippen LogP contribution in [0.5, 0.6) is 0 Å². The third-order valence-corrected chi connectivity index (χ3v) is 3.98. The Balaban J connectivity index is 2.26. The molecule has 3 unspecified atom stereocenters. The van der Waals surface area contributed by atoms with Crippen molar-refractivity contribution in [2.45, 2.75) is 59.4 Å². The van der Waals surface area contributed by atoms with Crippen molar-refractivity contribution in [2.75, 3.05) is 6.54 Å². The molecule has 1 fully saturated rings. The van der Waals surface area contributed by atoms with Crippen LogP contribution in [0, 0.1) is 17.8 Å². The highest BCUT2D eigenvalue weighted by Crippen LogP contribution is 2.34. The van der Waals surface area contributed by atoms with Crippen LogP contribution in [-0.4, -0.2) is 18.4 Å². The minimum atomic E-state index is 0.347. The summed E-state index contributed by atoms with van der Waals surface area (Å²) in [6.45, 7) is 9.68. The number of carbonyl (C=O) groups excluding carboxylic acids is 1. The van der Waals surface area contributed by atoms with Gasteiger partial charge in [0.1, 0.15) is 5.78 Å². The summed E-state index contributed by atoms with van der Waals surface area (Å²) < 4.78 is 0. The van der Waals surface area contributed by atoms with Crippen LogP contribution >= 0.6 is 0 Å². The number of carbonyl (C=O) groups is 1. The van der Waals surface area contributed by atoms with Crippen molar-refractivity contribution in [1.29, 1.82) is 0 Å². The standard InChI is InChI=1S/C14H27NO/c1-10(2)15-8-7-14(16)13-6-5-11(3)12(4)9-13/h10-13,15H,5-9H2,1-4H3. The Bertz CT molecular complexity index is 225. The SMILES string of the molecule is CC(C)NCCC(=O)C1CCC(C)C(C)C1. The molecule has 0 aromatic rings. The molecule has 1 saturated carbocycles. The largest absolute Gasteiger partial charge is 0.314 e. The van der Waals surface area contributed by atoms with Gasteiger partial charge in [-0.3, -0.25) is 4.79 Å². The Morgan fingerprint density at radius 1 is 1.25 bits per heavy atom. The molecule has 2 nitrogen and oxygen atoms in total. The Labute approximate surface area is 100 Å².